The minimum atomic E-state index is -1.11. The third-order valence-corrected chi connectivity index (χ3v) is 13.5. The van der Waals surface area contributed by atoms with Gasteiger partial charge in [-0.1, -0.05) is 121 Å². The van der Waals surface area contributed by atoms with Gasteiger partial charge >= 0.3 is 23.9 Å². The maximum Gasteiger partial charge on any atom is 0.307 e. The number of benzene rings is 8. The summed E-state index contributed by atoms with van der Waals surface area (Å²) in [6.07, 6.45) is -1.53. The van der Waals surface area contributed by atoms with Crippen molar-refractivity contribution < 1.29 is 58.6 Å². The lowest BCUT2D eigenvalue weighted by Gasteiger charge is -2.24. The van der Waals surface area contributed by atoms with Gasteiger partial charge in [0.15, 0.2) is 0 Å². The topological polar surface area (TPSA) is 186 Å². The van der Waals surface area contributed by atoms with Crippen LogP contribution in [0.5, 0.6) is 23.0 Å². The van der Waals surface area contributed by atoms with E-state index in [9.17, 15) is 39.6 Å². The Morgan fingerprint density at radius 1 is 0.289 bits per heavy atom. The van der Waals surface area contributed by atoms with Crippen LogP contribution < -0.4 is 18.9 Å². The molecule has 384 valence electrons. The summed E-state index contributed by atoms with van der Waals surface area (Å²) in [5, 5.41) is 42.7. The molecule has 0 fully saturated rings. The minimum absolute atomic E-state index is 0.0389. The van der Waals surface area contributed by atoms with Crippen molar-refractivity contribution in [1.82, 2.24) is 0 Å². The Balaban J connectivity index is 1.32. The zero-order valence-electron chi connectivity index (χ0n) is 41.7. The summed E-state index contributed by atoms with van der Waals surface area (Å²) in [5.74, 6) is -2.74. The van der Waals surface area contributed by atoms with Crippen molar-refractivity contribution in [2.75, 3.05) is 0 Å². The quantitative estimate of drug-likeness (QED) is 0.0567. The molecule has 0 radical (unpaired) electrons. The van der Waals surface area contributed by atoms with E-state index in [0.717, 1.165) is 22.3 Å². The predicted molar refractivity (Wildman–Crippen MR) is 285 cm³/mol. The van der Waals surface area contributed by atoms with Gasteiger partial charge in [-0.05, 0) is 163 Å². The average Bonchev–Trinajstić information content (AvgIpc) is 3.40. The molecule has 8 bridgehead atoms. The summed E-state index contributed by atoms with van der Waals surface area (Å²) < 4.78 is 26.1. The van der Waals surface area contributed by atoms with E-state index in [1.54, 1.807) is 48.5 Å². The number of rotatable bonds is 20. The number of fused-ring (bicyclic) bond motifs is 8. The van der Waals surface area contributed by atoms with Crippen LogP contribution in [0.2, 0.25) is 0 Å². The first-order chi connectivity index (χ1) is 36.9. The molecule has 4 N–H and O–H groups in total. The standard InChI is InChI=1S/C64H56O12/c65-61(66)33-57-45-21-47-27-54(74-38-42-15-7-2-8-16-42)29-49(58(47)34-62(67)68)23-51-31-56(76-40-44-19-11-4-12-20-44)32-52(60(51)36-64(71)72)24-50-30-55(75-39-43-17-9-3-10-18-43)28-48(59(50)35-63(69)70)22-46(57)26-53(25-45)73-37-41-13-5-1-6-14-41/h1-20,25-32H,21-24,33-40H2,(H,65,66)(H,67,68)(H,69,70)(H,71,72). The molecular formula is C64H56O12. The molecule has 0 saturated carbocycles. The fourth-order valence-electron chi connectivity index (χ4n) is 9.95. The van der Waals surface area contributed by atoms with Crippen LogP contribution in [0.1, 0.15) is 89.0 Å². The van der Waals surface area contributed by atoms with Crippen molar-refractivity contribution in [1.29, 1.82) is 0 Å². The molecule has 1 aliphatic rings. The molecule has 8 aromatic carbocycles. The Hall–Kier alpha value is -9.16. The smallest absolute Gasteiger partial charge is 0.307 e. The van der Waals surface area contributed by atoms with E-state index in [4.69, 9.17) is 18.9 Å². The summed E-state index contributed by atoms with van der Waals surface area (Å²) in [6.45, 7) is 0.722. The molecule has 0 unspecified atom stereocenters. The second kappa shape index (κ2) is 24.2. The lowest BCUT2D eigenvalue weighted by molar-refractivity contribution is -0.137. The maximum atomic E-state index is 13.1. The van der Waals surface area contributed by atoms with Gasteiger partial charge in [0.1, 0.15) is 49.4 Å². The first-order valence-electron chi connectivity index (χ1n) is 25.0. The zero-order chi connectivity index (χ0) is 53.0. The summed E-state index contributed by atoms with van der Waals surface area (Å²) in [7, 11) is 0. The van der Waals surface area contributed by atoms with Crippen molar-refractivity contribution >= 4 is 23.9 Å². The molecule has 76 heavy (non-hydrogen) atoms. The Bertz CT molecular complexity index is 2830. The second-order valence-electron chi connectivity index (χ2n) is 19.0. The highest BCUT2D eigenvalue weighted by atomic mass is 16.5. The normalized spacial score (nSPS) is 11.8. The molecule has 0 amide bonds. The SMILES string of the molecule is O=C(O)Cc1c2cc(OCc3ccccc3)cc1Cc1cc(OCc3ccccc3)cc(c1CC(=O)O)Cc1cc(OCc3ccccc3)cc(c1CC(=O)O)Cc1cc(OCc3ccccc3)cc(c1CC(=O)O)C2. The number of carboxylic acids is 4. The first-order valence-corrected chi connectivity index (χ1v) is 25.0. The largest absolute Gasteiger partial charge is 0.489 e. The molecular weight excluding hydrogens is 961 g/mol. The number of ether oxygens (including phenoxy) is 4. The Morgan fingerprint density at radius 2 is 0.461 bits per heavy atom. The molecule has 0 spiro atoms. The van der Waals surface area contributed by atoms with Gasteiger partial charge < -0.3 is 39.4 Å². The third-order valence-electron chi connectivity index (χ3n) is 13.5. The van der Waals surface area contributed by atoms with Crippen molar-refractivity contribution in [3.8, 4) is 23.0 Å². The lowest BCUT2D eigenvalue weighted by atomic mass is 9.82. The molecule has 0 aliphatic heterocycles. The monoisotopic (exact) mass is 1020 g/mol. The van der Waals surface area contributed by atoms with Gasteiger partial charge in [-0.25, -0.2) is 0 Å². The molecule has 0 atom stereocenters. The van der Waals surface area contributed by atoms with Gasteiger partial charge in [0.05, 0.1) is 25.7 Å². The first kappa shape index (κ1) is 51.7. The van der Waals surface area contributed by atoms with Gasteiger partial charge in [0, 0.05) is 0 Å². The summed E-state index contributed by atoms with van der Waals surface area (Å²) in [5.41, 5.74) is 9.79. The molecule has 12 heteroatoms. The highest BCUT2D eigenvalue weighted by Crippen LogP contribution is 2.38. The lowest BCUT2D eigenvalue weighted by Crippen LogP contribution is -2.16. The van der Waals surface area contributed by atoms with E-state index >= 15 is 0 Å². The second-order valence-corrected chi connectivity index (χ2v) is 19.0. The van der Waals surface area contributed by atoms with Gasteiger partial charge in [0.25, 0.3) is 0 Å². The van der Waals surface area contributed by atoms with Crippen LogP contribution in [0.4, 0.5) is 0 Å². The van der Waals surface area contributed by atoms with Crippen LogP contribution >= 0.6 is 0 Å². The fourth-order valence-corrected chi connectivity index (χ4v) is 9.95. The van der Waals surface area contributed by atoms with Crippen molar-refractivity contribution in [3.05, 3.63) is 259 Å². The van der Waals surface area contributed by atoms with E-state index in [1.165, 1.54) is 0 Å². The van der Waals surface area contributed by atoms with Crippen LogP contribution in [0.15, 0.2) is 170 Å². The van der Waals surface area contributed by atoms with E-state index < -0.39 is 49.6 Å². The van der Waals surface area contributed by atoms with E-state index in [1.807, 2.05) is 121 Å². The highest BCUT2D eigenvalue weighted by molar-refractivity contribution is 5.76. The molecule has 9 rings (SSSR count). The minimum Gasteiger partial charge on any atom is -0.489 e. The van der Waals surface area contributed by atoms with Crippen LogP contribution in [0, 0.1) is 0 Å². The molecule has 0 heterocycles. The summed E-state index contributed by atoms with van der Waals surface area (Å²) >= 11 is 0. The van der Waals surface area contributed by atoms with E-state index in [-0.39, 0.29) is 52.1 Å². The maximum absolute atomic E-state index is 13.1. The molecule has 8 aromatic rings. The summed E-state index contributed by atoms with van der Waals surface area (Å²) in [6, 6.07) is 52.7. The fraction of sp³-hybridized carbons (Fsp3) is 0.188. The molecule has 12 nitrogen and oxygen atoms in total. The van der Waals surface area contributed by atoms with Gasteiger partial charge in [-0.2, -0.15) is 0 Å². The van der Waals surface area contributed by atoms with Crippen LogP contribution in [0.25, 0.3) is 0 Å². The number of hydrogen-bond donors (Lipinski definition) is 4. The number of aliphatic carboxylic acids is 4. The Kier molecular flexibility index (Phi) is 16.5. The molecule has 0 aromatic heterocycles. The Labute approximate surface area is 440 Å². The van der Waals surface area contributed by atoms with Crippen molar-refractivity contribution in [2.45, 2.75) is 77.8 Å². The average molecular weight is 1020 g/mol. The third kappa shape index (κ3) is 13.7. The van der Waals surface area contributed by atoms with Gasteiger partial charge in [-0.3, -0.25) is 19.2 Å². The van der Waals surface area contributed by atoms with Gasteiger partial charge in [-0.15, -0.1) is 0 Å². The van der Waals surface area contributed by atoms with Crippen molar-refractivity contribution in [2.24, 2.45) is 0 Å². The number of carboxylic acid groups (broad SMARTS) is 4. The zero-order valence-corrected chi connectivity index (χ0v) is 41.7. The van der Waals surface area contributed by atoms with Crippen LogP contribution in [-0.4, -0.2) is 44.3 Å². The van der Waals surface area contributed by atoms with E-state index in [0.29, 0.717) is 89.8 Å². The Morgan fingerprint density at radius 3 is 0.618 bits per heavy atom. The highest BCUT2D eigenvalue weighted by Gasteiger charge is 2.26. The number of carbonyl (C=O) groups is 4. The summed E-state index contributed by atoms with van der Waals surface area (Å²) in [4.78, 5) is 52.3. The van der Waals surface area contributed by atoms with Gasteiger partial charge in [0.2, 0.25) is 0 Å². The van der Waals surface area contributed by atoms with E-state index in [2.05, 4.69) is 0 Å². The molecule has 0 saturated heterocycles. The van der Waals surface area contributed by atoms with Crippen molar-refractivity contribution in [3.63, 3.8) is 0 Å². The van der Waals surface area contributed by atoms with Crippen LogP contribution in [-0.2, 0) is 97.0 Å². The molecule has 1 aliphatic carbocycles. The number of hydrogen-bond acceptors (Lipinski definition) is 8. The predicted octanol–water partition coefficient (Wildman–Crippen LogP) is 11.2. The van der Waals surface area contributed by atoms with Crippen LogP contribution in [0.3, 0.4) is 0 Å².